The molecule has 2 bridgehead atoms. The van der Waals surface area contributed by atoms with E-state index >= 15 is 0 Å². The zero-order chi connectivity index (χ0) is 11.8. The molecule has 3 aliphatic carbocycles. The van der Waals surface area contributed by atoms with E-state index < -0.39 is 0 Å². The molecule has 3 saturated carbocycles. The highest BCUT2D eigenvalue weighted by molar-refractivity contribution is 5.81. The van der Waals surface area contributed by atoms with E-state index in [4.69, 9.17) is 4.74 Å². The summed E-state index contributed by atoms with van der Waals surface area (Å²) >= 11 is 0. The summed E-state index contributed by atoms with van der Waals surface area (Å²) in [6, 6.07) is 0. The van der Waals surface area contributed by atoms with Gasteiger partial charge in [-0.15, -0.1) is 0 Å². The molecular weight excluding hydrogens is 212 g/mol. The van der Waals surface area contributed by atoms with Gasteiger partial charge in [-0.2, -0.15) is 0 Å². The molecule has 0 heterocycles. The fourth-order valence-corrected chi connectivity index (χ4v) is 4.78. The first-order valence-electron chi connectivity index (χ1n) is 7.09. The number of hydrogen-bond acceptors (Lipinski definition) is 2. The van der Waals surface area contributed by atoms with Crippen LogP contribution in [0.5, 0.6) is 0 Å². The largest absolute Gasteiger partial charge is 0.462 e. The monoisotopic (exact) mass is 234 g/mol. The summed E-state index contributed by atoms with van der Waals surface area (Å²) in [5, 5.41) is 0. The van der Waals surface area contributed by atoms with E-state index in [0.29, 0.717) is 12.5 Å². The van der Waals surface area contributed by atoms with Crippen molar-refractivity contribution in [1.29, 1.82) is 0 Å². The molecule has 5 atom stereocenters. The van der Waals surface area contributed by atoms with E-state index in [1.807, 2.05) is 6.92 Å². The zero-order valence-electron chi connectivity index (χ0n) is 10.6. The van der Waals surface area contributed by atoms with Gasteiger partial charge in [0.2, 0.25) is 0 Å². The summed E-state index contributed by atoms with van der Waals surface area (Å²) in [6.07, 6.45) is 10.3. The predicted octanol–water partition coefficient (Wildman–Crippen LogP) is 3.18. The molecule has 0 aromatic carbocycles. The maximum atomic E-state index is 11.3. The van der Waals surface area contributed by atoms with Crippen molar-refractivity contribution in [3.8, 4) is 0 Å². The molecule has 0 saturated heterocycles. The maximum absolute atomic E-state index is 11.3. The summed E-state index contributed by atoms with van der Waals surface area (Å²) in [7, 11) is 0. The fraction of sp³-hybridized carbons (Fsp3) is 0.800. The first-order valence-corrected chi connectivity index (χ1v) is 7.09. The molecule has 17 heavy (non-hydrogen) atoms. The molecule has 0 aliphatic heterocycles. The van der Waals surface area contributed by atoms with Crippen LogP contribution in [-0.4, -0.2) is 12.6 Å². The minimum Gasteiger partial charge on any atom is -0.462 e. The number of fused-ring (bicyclic) bond motifs is 5. The molecule has 0 spiro atoms. The Balaban J connectivity index is 1.57. The van der Waals surface area contributed by atoms with Crippen molar-refractivity contribution in [3.63, 3.8) is 0 Å². The van der Waals surface area contributed by atoms with E-state index in [9.17, 15) is 4.79 Å². The van der Waals surface area contributed by atoms with Gasteiger partial charge in [-0.05, 0) is 68.6 Å². The van der Waals surface area contributed by atoms with Crippen LogP contribution >= 0.6 is 0 Å². The van der Waals surface area contributed by atoms with Crippen molar-refractivity contribution < 1.29 is 9.53 Å². The van der Waals surface area contributed by atoms with Crippen LogP contribution in [0.4, 0.5) is 0 Å². The van der Waals surface area contributed by atoms with Gasteiger partial charge in [0.25, 0.3) is 0 Å². The summed E-state index contributed by atoms with van der Waals surface area (Å²) in [5.74, 6) is 4.31. The van der Waals surface area contributed by atoms with Crippen molar-refractivity contribution in [1.82, 2.24) is 0 Å². The van der Waals surface area contributed by atoms with Gasteiger partial charge in [-0.1, -0.05) is 6.08 Å². The van der Waals surface area contributed by atoms with Crippen molar-refractivity contribution in [3.05, 3.63) is 12.2 Å². The Morgan fingerprint density at radius 1 is 1.24 bits per heavy atom. The van der Waals surface area contributed by atoms with Gasteiger partial charge in [-0.3, -0.25) is 0 Å². The van der Waals surface area contributed by atoms with E-state index in [-0.39, 0.29) is 5.97 Å². The summed E-state index contributed by atoms with van der Waals surface area (Å²) in [5.41, 5.74) is 0. The second-order valence-electron chi connectivity index (χ2n) is 6.04. The Bertz CT molecular complexity index is 334. The Labute approximate surface area is 103 Å². The molecule has 0 N–H and O–H groups in total. The van der Waals surface area contributed by atoms with E-state index in [1.54, 1.807) is 6.08 Å². The Morgan fingerprint density at radius 2 is 2.06 bits per heavy atom. The Morgan fingerprint density at radius 3 is 2.88 bits per heavy atom. The molecule has 0 radical (unpaired) electrons. The molecular formula is C15H22O2. The molecule has 2 heteroatoms. The van der Waals surface area contributed by atoms with Crippen LogP contribution < -0.4 is 0 Å². The van der Waals surface area contributed by atoms with Crippen LogP contribution in [0.25, 0.3) is 0 Å². The SMILES string of the molecule is CC=CC(=O)OCC1CCC2C3CCC(C3)C12. The highest BCUT2D eigenvalue weighted by Gasteiger charge is 2.53. The smallest absolute Gasteiger partial charge is 0.330 e. The van der Waals surface area contributed by atoms with Gasteiger partial charge < -0.3 is 4.74 Å². The predicted molar refractivity (Wildman–Crippen MR) is 66.3 cm³/mol. The Kier molecular flexibility index (Phi) is 2.97. The lowest BCUT2D eigenvalue weighted by Gasteiger charge is -2.28. The van der Waals surface area contributed by atoms with Gasteiger partial charge in [0, 0.05) is 6.08 Å². The lowest BCUT2D eigenvalue weighted by Crippen LogP contribution is -2.25. The normalized spacial score (nSPS) is 43.2. The number of ether oxygens (including phenoxy) is 1. The quantitative estimate of drug-likeness (QED) is 0.554. The Hall–Kier alpha value is -0.790. The summed E-state index contributed by atoms with van der Waals surface area (Å²) in [4.78, 5) is 11.3. The third-order valence-corrected chi connectivity index (χ3v) is 5.32. The highest BCUT2D eigenvalue weighted by atomic mass is 16.5. The zero-order valence-corrected chi connectivity index (χ0v) is 10.6. The fourth-order valence-electron chi connectivity index (χ4n) is 4.78. The van der Waals surface area contributed by atoms with Crippen molar-refractivity contribution in [2.24, 2.45) is 29.6 Å². The number of allylic oxidation sites excluding steroid dienone is 1. The number of hydrogen-bond donors (Lipinski definition) is 0. The van der Waals surface area contributed by atoms with Crippen LogP contribution in [0.2, 0.25) is 0 Å². The first-order chi connectivity index (χ1) is 8.29. The minimum atomic E-state index is -0.167. The molecule has 3 aliphatic rings. The number of carbonyl (C=O) groups excluding carboxylic acids is 1. The summed E-state index contributed by atoms with van der Waals surface area (Å²) < 4.78 is 5.36. The van der Waals surface area contributed by atoms with Gasteiger partial charge in [0.15, 0.2) is 0 Å². The minimum absolute atomic E-state index is 0.167. The van der Waals surface area contributed by atoms with Crippen LogP contribution in [0, 0.1) is 29.6 Å². The molecule has 0 aromatic heterocycles. The topological polar surface area (TPSA) is 26.3 Å². The average Bonchev–Trinajstić information content (AvgIpc) is 3.00. The summed E-state index contributed by atoms with van der Waals surface area (Å²) in [6.45, 7) is 2.51. The average molecular weight is 234 g/mol. The third kappa shape index (κ3) is 1.92. The van der Waals surface area contributed by atoms with Crippen LogP contribution in [0.3, 0.4) is 0 Å². The van der Waals surface area contributed by atoms with Gasteiger partial charge >= 0.3 is 5.97 Å². The van der Waals surface area contributed by atoms with Crippen LogP contribution in [-0.2, 0) is 9.53 Å². The second kappa shape index (κ2) is 4.47. The number of esters is 1. The highest BCUT2D eigenvalue weighted by Crippen LogP contribution is 2.60. The van der Waals surface area contributed by atoms with Crippen molar-refractivity contribution in [2.75, 3.05) is 6.61 Å². The molecule has 3 rings (SSSR count). The van der Waals surface area contributed by atoms with Crippen molar-refractivity contribution >= 4 is 5.97 Å². The maximum Gasteiger partial charge on any atom is 0.330 e. The van der Waals surface area contributed by atoms with E-state index in [2.05, 4.69) is 0 Å². The van der Waals surface area contributed by atoms with Crippen LogP contribution in [0.1, 0.15) is 39.0 Å². The van der Waals surface area contributed by atoms with Crippen LogP contribution in [0.15, 0.2) is 12.2 Å². The molecule has 0 amide bonds. The van der Waals surface area contributed by atoms with Gasteiger partial charge in [0.1, 0.15) is 0 Å². The molecule has 2 nitrogen and oxygen atoms in total. The van der Waals surface area contributed by atoms with E-state index in [0.717, 1.165) is 23.7 Å². The molecule has 94 valence electrons. The van der Waals surface area contributed by atoms with Gasteiger partial charge in [0.05, 0.1) is 6.61 Å². The lowest BCUT2D eigenvalue weighted by molar-refractivity contribution is -0.139. The number of carbonyl (C=O) groups is 1. The standard InChI is InChI=1S/C15H22O2/c1-2-3-14(16)17-9-12-6-7-13-10-4-5-11(8-10)15(12)13/h2-3,10-13,15H,4-9H2,1H3. The first kappa shape index (κ1) is 11.3. The molecule has 3 fully saturated rings. The second-order valence-corrected chi connectivity index (χ2v) is 6.04. The van der Waals surface area contributed by atoms with E-state index in [1.165, 1.54) is 38.2 Å². The molecule has 5 unspecified atom stereocenters. The third-order valence-electron chi connectivity index (χ3n) is 5.32. The number of rotatable bonds is 3. The lowest BCUT2D eigenvalue weighted by atomic mass is 9.78. The van der Waals surface area contributed by atoms with Gasteiger partial charge in [-0.25, -0.2) is 4.79 Å². The van der Waals surface area contributed by atoms with Crippen molar-refractivity contribution in [2.45, 2.75) is 39.0 Å². The molecule has 0 aromatic rings.